The zero-order valence-corrected chi connectivity index (χ0v) is 14.3. The molecule has 0 saturated heterocycles. The number of hydrogen-bond acceptors (Lipinski definition) is 5. The van der Waals surface area contributed by atoms with E-state index in [1.807, 2.05) is 12.1 Å². The molecule has 0 saturated carbocycles. The Labute approximate surface area is 150 Å². The number of benzene rings is 1. The number of rotatable bonds is 3. The molecule has 0 bridgehead atoms. The summed E-state index contributed by atoms with van der Waals surface area (Å²) in [6.07, 6.45) is -0.417. The van der Waals surface area contributed by atoms with Gasteiger partial charge in [0.15, 0.2) is 5.16 Å². The molecule has 0 radical (unpaired) electrons. The molecule has 0 unspecified atom stereocenters. The summed E-state index contributed by atoms with van der Waals surface area (Å²) in [6, 6.07) is 6.13. The van der Waals surface area contributed by atoms with Gasteiger partial charge in [0, 0.05) is 23.4 Å². The molecule has 0 N–H and O–H groups in total. The zero-order valence-electron chi connectivity index (χ0n) is 13.5. The molecule has 2 heterocycles. The first-order chi connectivity index (χ1) is 12.4. The second-order valence-electron chi connectivity index (χ2n) is 6.07. The van der Waals surface area contributed by atoms with Crippen LogP contribution in [0.25, 0.3) is 11.0 Å². The molecule has 8 heteroatoms. The van der Waals surface area contributed by atoms with Gasteiger partial charge in [0.05, 0.1) is 0 Å². The highest BCUT2D eigenvalue weighted by Crippen LogP contribution is 2.32. The molecule has 2 aromatic heterocycles. The van der Waals surface area contributed by atoms with Gasteiger partial charge in [-0.1, -0.05) is 11.8 Å². The van der Waals surface area contributed by atoms with E-state index in [1.54, 1.807) is 0 Å². The van der Waals surface area contributed by atoms with Crippen molar-refractivity contribution in [3.8, 4) is 0 Å². The molecule has 0 amide bonds. The monoisotopic (exact) mass is 378 g/mol. The van der Waals surface area contributed by atoms with Crippen molar-refractivity contribution in [2.45, 2.75) is 36.3 Å². The molecule has 134 valence electrons. The first-order valence-corrected chi connectivity index (χ1v) is 9.00. The maximum Gasteiger partial charge on any atom is 0.433 e. The summed E-state index contributed by atoms with van der Waals surface area (Å²) < 4.78 is 43.6. The maximum absolute atomic E-state index is 12.8. The van der Waals surface area contributed by atoms with Gasteiger partial charge in [0.1, 0.15) is 11.3 Å². The second-order valence-corrected chi connectivity index (χ2v) is 7.01. The first kappa shape index (κ1) is 17.1. The van der Waals surface area contributed by atoms with Crippen LogP contribution < -0.4 is 5.63 Å². The molecule has 1 aliphatic carbocycles. The third kappa shape index (κ3) is 3.33. The normalized spacial score (nSPS) is 14.0. The molecule has 0 atom stereocenters. The number of halogens is 3. The van der Waals surface area contributed by atoms with Crippen LogP contribution in [0, 0.1) is 0 Å². The molecule has 1 aliphatic rings. The van der Waals surface area contributed by atoms with Crippen LogP contribution in [0.5, 0.6) is 0 Å². The van der Waals surface area contributed by atoms with Gasteiger partial charge in [-0.3, -0.25) is 0 Å². The van der Waals surface area contributed by atoms with Gasteiger partial charge in [-0.05, 0) is 54.2 Å². The van der Waals surface area contributed by atoms with Gasteiger partial charge in [-0.25, -0.2) is 14.8 Å². The van der Waals surface area contributed by atoms with Crippen LogP contribution in [0.2, 0.25) is 0 Å². The summed E-state index contributed by atoms with van der Waals surface area (Å²) in [5.41, 5.74) is 2.18. The number of fused-ring (bicyclic) bond motifs is 2. The van der Waals surface area contributed by atoms with Gasteiger partial charge < -0.3 is 4.42 Å². The Bertz CT molecular complexity index is 1050. The van der Waals surface area contributed by atoms with Gasteiger partial charge in [0.25, 0.3) is 0 Å². The average Bonchev–Trinajstić information content (AvgIpc) is 3.04. The predicted molar refractivity (Wildman–Crippen MR) is 91.1 cm³/mol. The lowest BCUT2D eigenvalue weighted by Crippen LogP contribution is -2.08. The number of alkyl halides is 3. The lowest BCUT2D eigenvalue weighted by atomic mass is 10.0. The summed E-state index contributed by atoms with van der Waals surface area (Å²) >= 11 is 1.06. The number of hydrogen-bond donors (Lipinski definition) is 0. The molecule has 4 nitrogen and oxygen atoms in total. The fourth-order valence-electron chi connectivity index (χ4n) is 3.12. The minimum atomic E-state index is -4.51. The summed E-state index contributed by atoms with van der Waals surface area (Å²) in [7, 11) is 0. The van der Waals surface area contributed by atoms with Gasteiger partial charge in [-0.15, -0.1) is 0 Å². The molecule has 26 heavy (non-hydrogen) atoms. The third-order valence-electron chi connectivity index (χ3n) is 4.32. The lowest BCUT2D eigenvalue weighted by molar-refractivity contribution is -0.141. The predicted octanol–water partition coefficient (Wildman–Crippen LogP) is 4.38. The average molecular weight is 378 g/mol. The highest BCUT2D eigenvalue weighted by Gasteiger charge is 2.32. The molecular formula is C18H13F3N2O2S. The van der Waals surface area contributed by atoms with E-state index in [9.17, 15) is 18.0 Å². The van der Waals surface area contributed by atoms with Gasteiger partial charge >= 0.3 is 11.8 Å². The van der Waals surface area contributed by atoms with E-state index in [2.05, 4.69) is 9.97 Å². The van der Waals surface area contributed by atoms with Crippen molar-refractivity contribution < 1.29 is 17.6 Å². The molecular weight excluding hydrogens is 365 g/mol. The Morgan fingerprint density at radius 3 is 2.69 bits per heavy atom. The smallest absolute Gasteiger partial charge is 0.423 e. The Kier molecular flexibility index (Phi) is 4.22. The largest absolute Gasteiger partial charge is 0.433 e. The van der Waals surface area contributed by atoms with E-state index in [4.69, 9.17) is 4.42 Å². The van der Waals surface area contributed by atoms with Crippen LogP contribution in [0.3, 0.4) is 0 Å². The molecule has 4 rings (SSSR count). The Morgan fingerprint density at radius 2 is 1.92 bits per heavy atom. The standard InChI is InChI=1S/C18H13F3N2O2S/c19-18(20,21)15-4-5-22-17(23-15)26-9-12-8-16(24)25-14-7-11-3-1-2-10(11)6-13(12)14/h4-8H,1-3,9H2. The number of thioether (sulfide) groups is 1. The summed E-state index contributed by atoms with van der Waals surface area (Å²) in [5.74, 6) is 0.280. The van der Waals surface area contributed by atoms with E-state index < -0.39 is 17.5 Å². The lowest BCUT2D eigenvalue weighted by Gasteiger charge is -2.09. The van der Waals surface area contributed by atoms with Crippen LogP contribution in [-0.4, -0.2) is 9.97 Å². The Balaban J connectivity index is 1.66. The van der Waals surface area contributed by atoms with E-state index >= 15 is 0 Å². The van der Waals surface area contributed by atoms with Crippen LogP contribution in [0.1, 0.15) is 28.8 Å². The fourth-order valence-corrected chi connectivity index (χ4v) is 3.95. The number of aryl methyl sites for hydroxylation is 2. The van der Waals surface area contributed by atoms with Crippen LogP contribution in [-0.2, 0) is 24.8 Å². The summed E-state index contributed by atoms with van der Waals surface area (Å²) in [4.78, 5) is 19.3. The highest BCUT2D eigenvalue weighted by molar-refractivity contribution is 7.98. The minimum Gasteiger partial charge on any atom is -0.423 e. The van der Waals surface area contributed by atoms with Crippen molar-refractivity contribution in [2.75, 3.05) is 0 Å². The van der Waals surface area contributed by atoms with E-state index in [1.165, 1.54) is 17.2 Å². The molecule has 0 aliphatic heterocycles. The molecule has 0 fully saturated rings. The van der Waals surface area contributed by atoms with Crippen molar-refractivity contribution in [3.63, 3.8) is 0 Å². The van der Waals surface area contributed by atoms with Crippen LogP contribution in [0.15, 0.2) is 44.8 Å². The quantitative estimate of drug-likeness (QED) is 0.385. The Morgan fingerprint density at radius 1 is 1.15 bits per heavy atom. The van der Waals surface area contributed by atoms with E-state index in [0.717, 1.165) is 48.7 Å². The van der Waals surface area contributed by atoms with Gasteiger partial charge in [-0.2, -0.15) is 13.2 Å². The van der Waals surface area contributed by atoms with Crippen molar-refractivity contribution in [2.24, 2.45) is 0 Å². The third-order valence-corrected chi connectivity index (χ3v) is 5.23. The van der Waals surface area contributed by atoms with Crippen molar-refractivity contribution in [1.82, 2.24) is 9.97 Å². The zero-order chi connectivity index (χ0) is 18.3. The summed E-state index contributed by atoms with van der Waals surface area (Å²) in [6.45, 7) is 0. The van der Waals surface area contributed by atoms with E-state index in [-0.39, 0.29) is 10.9 Å². The number of aromatic nitrogens is 2. The molecule has 3 aromatic rings. The van der Waals surface area contributed by atoms with Crippen molar-refractivity contribution in [3.05, 3.63) is 63.3 Å². The number of nitrogens with zero attached hydrogens (tertiary/aromatic N) is 2. The van der Waals surface area contributed by atoms with Crippen molar-refractivity contribution in [1.29, 1.82) is 0 Å². The van der Waals surface area contributed by atoms with E-state index in [0.29, 0.717) is 11.1 Å². The van der Waals surface area contributed by atoms with Crippen LogP contribution >= 0.6 is 11.8 Å². The van der Waals surface area contributed by atoms with Crippen molar-refractivity contribution >= 4 is 22.7 Å². The van der Waals surface area contributed by atoms with Crippen LogP contribution in [0.4, 0.5) is 13.2 Å². The Hall–Kier alpha value is -2.35. The highest BCUT2D eigenvalue weighted by atomic mass is 32.2. The minimum absolute atomic E-state index is 0.0161. The molecule has 0 spiro atoms. The van der Waals surface area contributed by atoms with Gasteiger partial charge in [0.2, 0.25) is 0 Å². The second kappa shape index (κ2) is 6.42. The fraction of sp³-hybridized carbons (Fsp3) is 0.278. The topological polar surface area (TPSA) is 56.0 Å². The maximum atomic E-state index is 12.8. The molecule has 1 aromatic carbocycles. The summed E-state index contributed by atoms with van der Waals surface area (Å²) in [5, 5.41) is 0.826. The SMILES string of the molecule is O=c1cc(CSc2nccc(C(F)(F)F)n2)c2cc3c(cc2o1)CCC3. The first-order valence-electron chi connectivity index (χ1n) is 8.02.